The minimum atomic E-state index is -2.41. The Bertz CT molecular complexity index is 401. The van der Waals surface area contributed by atoms with E-state index in [1.807, 2.05) is 6.07 Å². The number of morpholine rings is 1. The molecule has 1 aliphatic rings. The van der Waals surface area contributed by atoms with Gasteiger partial charge in [-0.15, -0.1) is 0 Å². The van der Waals surface area contributed by atoms with Gasteiger partial charge in [-0.3, -0.25) is 0 Å². The summed E-state index contributed by atoms with van der Waals surface area (Å²) in [6.07, 6.45) is -2.23. The van der Waals surface area contributed by atoms with Crippen LogP contribution in [0.5, 0.6) is 0 Å². The molecule has 0 saturated carbocycles. The molecule has 5 heteroatoms. The van der Waals surface area contributed by atoms with Gasteiger partial charge in [0.1, 0.15) is 0 Å². The standard InChI is InChI=1S/C14H20F2N2O/c1-18-5-6-19-13(10-18)9-17-8-11-3-2-4-12(7-11)14(15)16/h2-4,7,13-14,17H,5-6,8-10H2,1H3. The number of hydrogen-bond acceptors (Lipinski definition) is 3. The molecule has 1 aromatic carbocycles. The van der Waals surface area contributed by atoms with Crippen molar-refractivity contribution in [2.24, 2.45) is 0 Å². The van der Waals surface area contributed by atoms with Crippen LogP contribution < -0.4 is 5.32 Å². The van der Waals surface area contributed by atoms with E-state index in [4.69, 9.17) is 4.74 Å². The number of nitrogens with zero attached hydrogens (tertiary/aromatic N) is 1. The maximum Gasteiger partial charge on any atom is 0.263 e. The number of alkyl halides is 2. The maximum absolute atomic E-state index is 12.6. The molecule has 1 aromatic rings. The van der Waals surface area contributed by atoms with Gasteiger partial charge in [0.25, 0.3) is 6.43 Å². The zero-order valence-corrected chi connectivity index (χ0v) is 11.1. The molecule has 0 aromatic heterocycles. The predicted octanol–water partition coefficient (Wildman–Crippen LogP) is 2.04. The monoisotopic (exact) mass is 270 g/mol. The molecular weight excluding hydrogens is 250 g/mol. The van der Waals surface area contributed by atoms with Crippen molar-refractivity contribution in [3.63, 3.8) is 0 Å². The first-order valence-corrected chi connectivity index (χ1v) is 6.53. The molecule has 19 heavy (non-hydrogen) atoms. The van der Waals surface area contributed by atoms with Crippen molar-refractivity contribution in [3.8, 4) is 0 Å². The minimum absolute atomic E-state index is 0.0768. The number of hydrogen-bond donors (Lipinski definition) is 1. The lowest BCUT2D eigenvalue weighted by molar-refractivity contribution is -0.0182. The molecule has 0 aliphatic carbocycles. The van der Waals surface area contributed by atoms with Crippen LogP contribution in [-0.2, 0) is 11.3 Å². The molecule has 1 atom stereocenters. The van der Waals surface area contributed by atoms with Crippen LogP contribution in [0.25, 0.3) is 0 Å². The summed E-state index contributed by atoms with van der Waals surface area (Å²) in [5.74, 6) is 0. The van der Waals surface area contributed by atoms with Crippen molar-refractivity contribution in [1.29, 1.82) is 0 Å². The van der Waals surface area contributed by atoms with Crippen LogP contribution in [0.1, 0.15) is 17.6 Å². The van der Waals surface area contributed by atoms with Crippen LogP contribution in [0.2, 0.25) is 0 Å². The minimum Gasteiger partial charge on any atom is -0.374 e. The Kier molecular flexibility index (Phi) is 5.24. The fourth-order valence-electron chi connectivity index (χ4n) is 2.21. The lowest BCUT2D eigenvalue weighted by Gasteiger charge is -2.30. The summed E-state index contributed by atoms with van der Waals surface area (Å²) in [6.45, 7) is 3.95. The summed E-state index contributed by atoms with van der Waals surface area (Å²) in [6, 6.07) is 6.52. The van der Waals surface area contributed by atoms with Crippen LogP contribution >= 0.6 is 0 Å². The van der Waals surface area contributed by atoms with E-state index < -0.39 is 6.43 Å². The van der Waals surface area contributed by atoms with E-state index >= 15 is 0 Å². The highest BCUT2D eigenvalue weighted by molar-refractivity contribution is 5.24. The summed E-state index contributed by atoms with van der Waals surface area (Å²) in [5.41, 5.74) is 0.954. The zero-order valence-electron chi connectivity index (χ0n) is 11.1. The van der Waals surface area contributed by atoms with Crippen molar-refractivity contribution in [2.45, 2.75) is 19.1 Å². The largest absolute Gasteiger partial charge is 0.374 e. The highest BCUT2D eigenvalue weighted by Gasteiger charge is 2.16. The molecule has 1 unspecified atom stereocenters. The number of benzene rings is 1. The number of nitrogens with one attached hydrogen (secondary N) is 1. The van der Waals surface area contributed by atoms with Crippen LogP contribution in [0.3, 0.4) is 0 Å². The molecule has 0 bridgehead atoms. The van der Waals surface area contributed by atoms with Gasteiger partial charge in [0.05, 0.1) is 12.7 Å². The molecule has 2 rings (SSSR count). The normalized spacial score (nSPS) is 20.9. The molecule has 0 radical (unpaired) electrons. The highest BCUT2D eigenvalue weighted by Crippen LogP contribution is 2.19. The summed E-state index contributed by atoms with van der Waals surface area (Å²) in [4.78, 5) is 2.23. The molecule has 106 valence electrons. The third kappa shape index (κ3) is 4.53. The quantitative estimate of drug-likeness (QED) is 0.886. The Hall–Kier alpha value is -1.04. The van der Waals surface area contributed by atoms with Crippen molar-refractivity contribution < 1.29 is 13.5 Å². The summed E-state index contributed by atoms with van der Waals surface area (Å²) < 4.78 is 30.7. The fourth-order valence-corrected chi connectivity index (χ4v) is 2.21. The lowest BCUT2D eigenvalue weighted by atomic mass is 10.1. The lowest BCUT2D eigenvalue weighted by Crippen LogP contribution is -2.44. The second kappa shape index (κ2) is 6.93. The molecule has 1 fully saturated rings. The molecular formula is C14H20F2N2O. The average Bonchev–Trinajstić information content (AvgIpc) is 2.39. The Labute approximate surface area is 112 Å². The van der Waals surface area contributed by atoms with Gasteiger partial charge in [0, 0.05) is 31.7 Å². The first kappa shape index (κ1) is 14.4. The van der Waals surface area contributed by atoms with Gasteiger partial charge in [0.15, 0.2) is 0 Å². The average molecular weight is 270 g/mol. The van der Waals surface area contributed by atoms with Gasteiger partial charge in [-0.05, 0) is 18.7 Å². The summed E-state index contributed by atoms with van der Waals surface area (Å²) >= 11 is 0. The molecule has 1 saturated heterocycles. The Morgan fingerprint density at radius 2 is 2.32 bits per heavy atom. The SMILES string of the molecule is CN1CCOC(CNCc2cccc(C(F)F)c2)C1. The highest BCUT2D eigenvalue weighted by atomic mass is 19.3. The van der Waals surface area contributed by atoms with E-state index in [0.29, 0.717) is 6.54 Å². The van der Waals surface area contributed by atoms with Crippen molar-refractivity contribution in [1.82, 2.24) is 10.2 Å². The van der Waals surface area contributed by atoms with Gasteiger partial charge < -0.3 is 15.0 Å². The number of ether oxygens (including phenoxy) is 1. The fraction of sp³-hybridized carbons (Fsp3) is 0.571. The first-order chi connectivity index (χ1) is 9.15. The van der Waals surface area contributed by atoms with E-state index in [-0.39, 0.29) is 11.7 Å². The molecule has 0 amide bonds. The maximum atomic E-state index is 12.6. The van der Waals surface area contributed by atoms with Crippen molar-refractivity contribution >= 4 is 0 Å². The smallest absolute Gasteiger partial charge is 0.263 e. The Morgan fingerprint density at radius 3 is 3.05 bits per heavy atom. The zero-order chi connectivity index (χ0) is 13.7. The van der Waals surface area contributed by atoms with Gasteiger partial charge in [-0.1, -0.05) is 18.2 Å². The topological polar surface area (TPSA) is 24.5 Å². The number of rotatable bonds is 5. The molecule has 0 spiro atoms. The van der Waals surface area contributed by atoms with E-state index in [1.165, 1.54) is 6.07 Å². The first-order valence-electron chi connectivity index (χ1n) is 6.53. The number of halogens is 2. The molecule has 1 heterocycles. The van der Waals surface area contributed by atoms with Crippen LogP contribution in [-0.4, -0.2) is 44.3 Å². The third-order valence-electron chi connectivity index (χ3n) is 3.25. The second-order valence-electron chi connectivity index (χ2n) is 4.93. The predicted molar refractivity (Wildman–Crippen MR) is 70.3 cm³/mol. The summed E-state index contributed by atoms with van der Waals surface area (Å²) in [7, 11) is 2.07. The second-order valence-corrected chi connectivity index (χ2v) is 4.93. The Balaban J connectivity index is 1.77. The van der Waals surface area contributed by atoms with Gasteiger partial charge in [-0.2, -0.15) is 0 Å². The van der Waals surface area contributed by atoms with Gasteiger partial charge in [-0.25, -0.2) is 8.78 Å². The van der Waals surface area contributed by atoms with Crippen molar-refractivity contribution in [2.75, 3.05) is 33.3 Å². The van der Waals surface area contributed by atoms with E-state index in [9.17, 15) is 8.78 Å². The van der Waals surface area contributed by atoms with Crippen LogP contribution in [0, 0.1) is 0 Å². The van der Waals surface area contributed by atoms with E-state index in [2.05, 4.69) is 17.3 Å². The Morgan fingerprint density at radius 1 is 1.47 bits per heavy atom. The van der Waals surface area contributed by atoms with Crippen LogP contribution in [0.4, 0.5) is 8.78 Å². The van der Waals surface area contributed by atoms with Gasteiger partial charge >= 0.3 is 0 Å². The van der Waals surface area contributed by atoms with Crippen LogP contribution in [0.15, 0.2) is 24.3 Å². The van der Waals surface area contributed by atoms with Crippen molar-refractivity contribution in [3.05, 3.63) is 35.4 Å². The summed E-state index contributed by atoms with van der Waals surface area (Å²) in [5, 5.41) is 3.26. The van der Waals surface area contributed by atoms with E-state index in [1.54, 1.807) is 12.1 Å². The number of likely N-dealkylation sites (N-methyl/N-ethyl adjacent to an activating group) is 1. The molecule has 1 N–H and O–H groups in total. The molecule has 1 aliphatic heterocycles. The van der Waals surface area contributed by atoms with Gasteiger partial charge in [0.2, 0.25) is 0 Å². The molecule has 3 nitrogen and oxygen atoms in total. The third-order valence-corrected chi connectivity index (χ3v) is 3.25. The van der Waals surface area contributed by atoms with E-state index in [0.717, 1.165) is 31.8 Å².